The first kappa shape index (κ1) is 21.9. The van der Waals surface area contributed by atoms with E-state index in [2.05, 4.69) is 15.3 Å². The first-order valence-corrected chi connectivity index (χ1v) is 11.1. The molecule has 2 heterocycles. The van der Waals surface area contributed by atoms with Crippen molar-refractivity contribution in [1.29, 1.82) is 0 Å². The number of hydrogen-bond donors (Lipinski definition) is 1. The molecule has 0 unspecified atom stereocenters. The second kappa shape index (κ2) is 7.81. The zero-order valence-electron chi connectivity index (χ0n) is 18.1. The minimum absolute atomic E-state index is 0.0883. The number of aromatic nitrogens is 3. The van der Waals surface area contributed by atoms with Gasteiger partial charge in [-0.3, -0.25) is 4.79 Å². The number of pyridine rings is 1. The van der Waals surface area contributed by atoms with Crippen LogP contribution in [0.2, 0.25) is 0 Å². The van der Waals surface area contributed by atoms with Gasteiger partial charge in [0.2, 0.25) is 0 Å². The van der Waals surface area contributed by atoms with E-state index in [1.807, 2.05) is 0 Å². The van der Waals surface area contributed by atoms with Crippen LogP contribution in [0.25, 0.3) is 10.9 Å². The van der Waals surface area contributed by atoms with Crippen LogP contribution in [0.1, 0.15) is 69.0 Å². The summed E-state index contributed by atoms with van der Waals surface area (Å²) in [5, 5.41) is 3.65. The number of halogens is 4. The summed E-state index contributed by atoms with van der Waals surface area (Å²) in [6.45, 7) is 1.65. The van der Waals surface area contributed by atoms with Crippen molar-refractivity contribution in [1.82, 2.24) is 14.5 Å². The lowest BCUT2D eigenvalue weighted by Gasteiger charge is -2.50. The summed E-state index contributed by atoms with van der Waals surface area (Å²) in [5.41, 5.74) is -1.90. The normalized spacial score (nSPS) is 25.5. The molecule has 3 saturated carbocycles. The highest BCUT2D eigenvalue weighted by molar-refractivity contribution is 5.88. The molecular formula is C24H24F4N4O. The highest BCUT2D eigenvalue weighted by Gasteiger charge is 2.50. The summed E-state index contributed by atoms with van der Waals surface area (Å²) in [5.74, 6) is -0.591. The van der Waals surface area contributed by atoms with E-state index in [1.54, 1.807) is 17.7 Å². The molecule has 0 aliphatic heterocycles. The van der Waals surface area contributed by atoms with Crippen LogP contribution in [0.5, 0.6) is 0 Å². The summed E-state index contributed by atoms with van der Waals surface area (Å²) in [6, 6.07) is 4.67. The van der Waals surface area contributed by atoms with Crippen LogP contribution in [-0.2, 0) is 5.54 Å². The minimum atomic E-state index is -2.92. The van der Waals surface area contributed by atoms with Crippen LogP contribution < -0.4 is 10.9 Å². The number of benzene rings is 1. The number of alkyl halides is 3. The fourth-order valence-corrected chi connectivity index (χ4v) is 5.35. The average Bonchev–Trinajstić information content (AvgIpc) is 2.79. The number of hydrogen-bond acceptors (Lipinski definition) is 4. The molecule has 1 aromatic carbocycles. The van der Waals surface area contributed by atoms with Crippen LogP contribution in [0.3, 0.4) is 0 Å². The molecule has 5 nitrogen and oxygen atoms in total. The van der Waals surface area contributed by atoms with Gasteiger partial charge in [-0.2, -0.15) is 0 Å². The van der Waals surface area contributed by atoms with Gasteiger partial charge < -0.3 is 9.88 Å². The zero-order valence-corrected chi connectivity index (χ0v) is 18.1. The van der Waals surface area contributed by atoms with Crippen LogP contribution in [-0.4, -0.2) is 20.2 Å². The Morgan fingerprint density at radius 3 is 2.39 bits per heavy atom. The van der Waals surface area contributed by atoms with Gasteiger partial charge in [-0.1, -0.05) is 18.2 Å². The van der Waals surface area contributed by atoms with Gasteiger partial charge in [0.25, 0.3) is 12.0 Å². The topological polar surface area (TPSA) is 59.8 Å². The van der Waals surface area contributed by atoms with Gasteiger partial charge in [-0.05, 0) is 45.4 Å². The van der Waals surface area contributed by atoms with E-state index < -0.39 is 35.1 Å². The van der Waals surface area contributed by atoms with E-state index in [1.165, 1.54) is 24.5 Å². The van der Waals surface area contributed by atoms with E-state index in [0.29, 0.717) is 55.2 Å². The summed E-state index contributed by atoms with van der Waals surface area (Å²) in [7, 11) is 0. The lowest BCUT2D eigenvalue weighted by molar-refractivity contribution is -0.0282. The summed E-state index contributed by atoms with van der Waals surface area (Å²) < 4.78 is 57.3. The molecule has 0 spiro atoms. The summed E-state index contributed by atoms with van der Waals surface area (Å²) in [4.78, 5) is 21.4. The minimum Gasteiger partial charge on any atom is -0.363 e. The van der Waals surface area contributed by atoms with Crippen molar-refractivity contribution in [2.24, 2.45) is 0 Å². The van der Waals surface area contributed by atoms with Gasteiger partial charge in [0.1, 0.15) is 23.6 Å². The molecule has 3 fully saturated rings. The highest BCUT2D eigenvalue weighted by Crippen LogP contribution is 2.52. The monoisotopic (exact) mass is 460 g/mol. The molecule has 3 aromatic rings. The second-order valence-electron chi connectivity index (χ2n) is 9.30. The standard InChI is InChI=1S/C24H24F4N4O/c1-14(15-3-2-4-16(20(15)25)21(26)27)31-22-17-12-32(19(33)11-18(17)29-13-30-22)24-8-5-23(28,6-9-24)7-10-24/h2-4,11-14,21H,5-10H2,1H3,(H,29,30,31)/t14-,23?,24?/m1/s1. The van der Waals surface area contributed by atoms with Crippen molar-refractivity contribution >= 4 is 16.7 Å². The Morgan fingerprint density at radius 2 is 1.73 bits per heavy atom. The number of nitrogens with one attached hydrogen (secondary N) is 1. The van der Waals surface area contributed by atoms with Gasteiger partial charge in [0, 0.05) is 23.4 Å². The van der Waals surface area contributed by atoms with Gasteiger partial charge in [-0.15, -0.1) is 0 Å². The lowest BCUT2D eigenvalue weighted by atomic mass is 9.64. The van der Waals surface area contributed by atoms with Crippen LogP contribution in [0, 0.1) is 5.82 Å². The third-order valence-corrected chi connectivity index (χ3v) is 7.41. The van der Waals surface area contributed by atoms with Crippen molar-refractivity contribution in [3.63, 3.8) is 0 Å². The lowest BCUT2D eigenvalue weighted by Crippen LogP contribution is -2.52. The van der Waals surface area contributed by atoms with E-state index in [9.17, 15) is 22.4 Å². The smallest absolute Gasteiger partial charge is 0.266 e. The maximum Gasteiger partial charge on any atom is 0.266 e. The molecule has 2 bridgehead atoms. The number of anilines is 1. The quantitative estimate of drug-likeness (QED) is 0.488. The van der Waals surface area contributed by atoms with Crippen molar-refractivity contribution in [2.45, 2.75) is 69.1 Å². The molecule has 1 atom stereocenters. The number of fused-ring (bicyclic) bond motifs is 4. The van der Waals surface area contributed by atoms with Crippen molar-refractivity contribution in [3.05, 3.63) is 64.1 Å². The van der Waals surface area contributed by atoms with Gasteiger partial charge in [0.05, 0.1) is 22.5 Å². The first-order valence-electron chi connectivity index (χ1n) is 11.1. The van der Waals surface area contributed by atoms with Crippen LogP contribution in [0.15, 0.2) is 41.6 Å². The summed E-state index contributed by atoms with van der Waals surface area (Å²) in [6.07, 6.45) is 3.16. The SMILES string of the molecule is C[C@@H](Nc1ncnc2cc(=O)n(C34CCC(F)(CC3)CC4)cc12)c1cccc(C(F)F)c1F. The van der Waals surface area contributed by atoms with Gasteiger partial charge in [0.15, 0.2) is 0 Å². The molecule has 0 amide bonds. The number of nitrogens with zero attached hydrogens (tertiary/aromatic N) is 3. The van der Waals surface area contributed by atoms with Crippen LogP contribution >= 0.6 is 0 Å². The fourth-order valence-electron chi connectivity index (χ4n) is 5.35. The molecule has 3 aliphatic carbocycles. The maximum atomic E-state index is 14.7. The first-order chi connectivity index (χ1) is 15.7. The maximum absolute atomic E-state index is 14.7. The van der Waals surface area contributed by atoms with Crippen molar-refractivity contribution in [3.8, 4) is 0 Å². The van der Waals surface area contributed by atoms with Crippen molar-refractivity contribution < 1.29 is 17.6 Å². The van der Waals surface area contributed by atoms with Crippen LogP contribution in [0.4, 0.5) is 23.4 Å². The van der Waals surface area contributed by atoms with E-state index in [-0.39, 0.29) is 11.1 Å². The van der Waals surface area contributed by atoms with E-state index in [0.717, 1.165) is 6.07 Å². The average molecular weight is 460 g/mol. The molecule has 6 rings (SSSR count). The molecule has 9 heteroatoms. The third-order valence-electron chi connectivity index (χ3n) is 7.41. The summed E-state index contributed by atoms with van der Waals surface area (Å²) >= 11 is 0. The van der Waals surface area contributed by atoms with E-state index in [4.69, 9.17) is 0 Å². The van der Waals surface area contributed by atoms with Gasteiger partial charge in [-0.25, -0.2) is 27.5 Å². The van der Waals surface area contributed by atoms with Crippen molar-refractivity contribution in [2.75, 3.05) is 5.32 Å². The molecule has 3 aliphatic rings. The zero-order chi connectivity index (χ0) is 23.4. The Balaban J connectivity index is 1.53. The predicted octanol–water partition coefficient (Wildman–Crippen LogP) is 5.81. The Bertz CT molecular complexity index is 1250. The molecular weight excluding hydrogens is 436 g/mol. The Morgan fingerprint density at radius 1 is 1.06 bits per heavy atom. The Labute approximate surface area is 187 Å². The highest BCUT2D eigenvalue weighted by atomic mass is 19.3. The molecule has 1 N–H and O–H groups in total. The number of rotatable bonds is 5. The molecule has 0 radical (unpaired) electrons. The Kier molecular flexibility index (Phi) is 5.17. The fraction of sp³-hybridized carbons (Fsp3) is 0.458. The second-order valence-corrected chi connectivity index (χ2v) is 9.30. The Hall–Kier alpha value is -2.97. The third kappa shape index (κ3) is 3.67. The van der Waals surface area contributed by atoms with Gasteiger partial charge >= 0.3 is 0 Å². The largest absolute Gasteiger partial charge is 0.363 e. The molecule has 33 heavy (non-hydrogen) atoms. The molecule has 2 aromatic heterocycles. The predicted molar refractivity (Wildman–Crippen MR) is 117 cm³/mol. The molecule has 0 saturated heterocycles. The van der Waals surface area contributed by atoms with E-state index >= 15 is 0 Å². The molecule has 174 valence electrons.